The van der Waals surface area contributed by atoms with Crippen LogP contribution >= 0.6 is 11.3 Å². The average molecular weight is 358 g/mol. The minimum Gasteiger partial charge on any atom is -0.331 e. The maximum Gasteiger partial charge on any atom is 0.266 e. The summed E-state index contributed by atoms with van der Waals surface area (Å²) in [7, 11) is -1.14. The maximum atomic E-state index is 13.0. The molecule has 0 aliphatic carbocycles. The Morgan fingerprint density at radius 3 is 2.52 bits per heavy atom. The van der Waals surface area contributed by atoms with Crippen LogP contribution < -0.4 is 0 Å². The fourth-order valence-corrected chi connectivity index (χ4v) is 6.45. The highest BCUT2D eigenvalue weighted by Crippen LogP contribution is 2.30. The van der Waals surface area contributed by atoms with Crippen molar-refractivity contribution in [2.24, 2.45) is 0 Å². The first-order valence-corrected chi connectivity index (χ1v) is 10.5. The van der Waals surface area contributed by atoms with E-state index < -0.39 is 9.84 Å². The van der Waals surface area contributed by atoms with Crippen LogP contribution in [0.25, 0.3) is 0 Å². The topological polar surface area (TPSA) is 70.6 Å². The fourth-order valence-electron chi connectivity index (χ4n) is 3.37. The third-order valence-corrected chi connectivity index (χ3v) is 7.86. The van der Waals surface area contributed by atoms with Crippen molar-refractivity contribution in [3.63, 3.8) is 0 Å². The Morgan fingerprint density at radius 1 is 1.26 bits per heavy atom. The molecule has 23 heavy (non-hydrogen) atoms. The zero-order chi connectivity index (χ0) is 16.9. The first-order chi connectivity index (χ1) is 10.7. The number of carbonyl (C=O) groups excluding carboxylic acids is 1. The van der Waals surface area contributed by atoms with Crippen molar-refractivity contribution >= 4 is 27.1 Å². The number of likely N-dealkylation sites (N-methyl/N-ethyl adjacent to an activating group) is 1. The minimum atomic E-state index is -3.08. The Labute approximate surface area is 141 Å². The van der Waals surface area contributed by atoms with Gasteiger partial charge in [0.1, 0.15) is 4.88 Å². The number of thiazole rings is 1. The summed E-state index contributed by atoms with van der Waals surface area (Å²) < 4.78 is 24.1. The van der Waals surface area contributed by atoms with Gasteiger partial charge in [-0.2, -0.15) is 0 Å². The van der Waals surface area contributed by atoms with Gasteiger partial charge in [-0.3, -0.25) is 9.69 Å². The molecule has 3 heterocycles. The molecule has 1 aromatic heterocycles. The number of amides is 1. The highest BCUT2D eigenvalue weighted by Gasteiger charge is 2.47. The Hall–Kier alpha value is -0.990. The molecule has 0 bridgehead atoms. The molecule has 2 aliphatic rings. The first kappa shape index (κ1) is 16.9. The van der Waals surface area contributed by atoms with Crippen molar-refractivity contribution in [2.75, 3.05) is 31.6 Å². The largest absolute Gasteiger partial charge is 0.331 e. The molecule has 0 aromatic carbocycles. The van der Waals surface area contributed by atoms with Crippen molar-refractivity contribution in [1.29, 1.82) is 0 Å². The van der Waals surface area contributed by atoms with E-state index in [9.17, 15) is 13.2 Å². The Kier molecular flexibility index (Phi) is 4.27. The van der Waals surface area contributed by atoms with E-state index >= 15 is 0 Å². The minimum absolute atomic E-state index is 0.0629. The molecular formula is C15H23N3O3S2. The Balaban J connectivity index is 1.90. The lowest BCUT2D eigenvalue weighted by molar-refractivity contribution is 0.0413. The second-order valence-electron chi connectivity index (χ2n) is 6.81. The quantitative estimate of drug-likeness (QED) is 0.793. The molecule has 0 unspecified atom stereocenters. The van der Waals surface area contributed by atoms with Gasteiger partial charge in [-0.1, -0.05) is 13.8 Å². The first-order valence-electron chi connectivity index (χ1n) is 7.88. The summed E-state index contributed by atoms with van der Waals surface area (Å²) in [5.74, 6) is 0.443. The van der Waals surface area contributed by atoms with Crippen LogP contribution in [0.15, 0.2) is 0 Å². The second kappa shape index (κ2) is 5.82. The standard InChI is InChI=1S/C15H23N3O3S2/c1-9(2)14-16-10(3)13(22-14)15(19)18-6-5-17(4)11-7-23(20,21)8-12(11)18/h9,11-12H,5-8H2,1-4H3/t11-,12+/m1/s1. The fraction of sp³-hybridized carbons (Fsp3) is 0.733. The van der Waals surface area contributed by atoms with Crippen LogP contribution in [0.3, 0.4) is 0 Å². The van der Waals surface area contributed by atoms with Crippen LogP contribution in [-0.4, -0.2) is 72.8 Å². The van der Waals surface area contributed by atoms with E-state index in [1.54, 1.807) is 4.90 Å². The number of aryl methyl sites for hydroxylation is 1. The number of aromatic nitrogens is 1. The third kappa shape index (κ3) is 3.04. The number of nitrogens with zero attached hydrogens (tertiary/aromatic N) is 3. The van der Waals surface area contributed by atoms with E-state index in [1.807, 2.05) is 14.0 Å². The van der Waals surface area contributed by atoms with Crippen LogP contribution in [0.4, 0.5) is 0 Å². The van der Waals surface area contributed by atoms with Crippen LogP contribution in [-0.2, 0) is 9.84 Å². The molecule has 2 aliphatic heterocycles. The normalized spacial score (nSPS) is 27.4. The van der Waals surface area contributed by atoms with E-state index in [0.29, 0.717) is 18.0 Å². The summed E-state index contributed by atoms with van der Waals surface area (Å²) in [5, 5.41) is 0.954. The predicted octanol–water partition coefficient (Wildman–Crippen LogP) is 1.13. The van der Waals surface area contributed by atoms with Crippen molar-refractivity contribution in [3.8, 4) is 0 Å². The number of carbonyl (C=O) groups is 1. The van der Waals surface area contributed by atoms with E-state index in [0.717, 1.165) is 10.7 Å². The molecule has 1 amide bonds. The van der Waals surface area contributed by atoms with E-state index in [2.05, 4.69) is 23.7 Å². The Morgan fingerprint density at radius 2 is 1.91 bits per heavy atom. The van der Waals surface area contributed by atoms with Crippen LogP contribution in [0.2, 0.25) is 0 Å². The van der Waals surface area contributed by atoms with Gasteiger partial charge in [-0.05, 0) is 14.0 Å². The van der Waals surface area contributed by atoms with Gasteiger partial charge >= 0.3 is 0 Å². The van der Waals surface area contributed by atoms with Gasteiger partial charge in [0.05, 0.1) is 28.2 Å². The zero-order valence-electron chi connectivity index (χ0n) is 13.9. The molecule has 0 N–H and O–H groups in total. The lowest BCUT2D eigenvalue weighted by Gasteiger charge is -2.42. The summed E-state index contributed by atoms with van der Waals surface area (Å²) in [6.07, 6.45) is 0. The number of rotatable bonds is 2. The Bertz CT molecular complexity index is 726. The van der Waals surface area contributed by atoms with Crippen molar-refractivity contribution in [3.05, 3.63) is 15.6 Å². The van der Waals surface area contributed by atoms with Gasteiger partial charge in [-0.15, -0.1) is 11.3 Å². The number of hydrogen-bond acceptors (Lipinski definition) is 6. The maximum absolute atomic E-state index is 13.0. The third-order valence-electron chi connectivity index (χ3n) is 4.72. The second-order valence-corrected chi connectivity index (χ2v) is 10.00. The SMILES string of the molecule is Cc1nc(C(C)C)sc1C(=O)N1CCN(C)[C@@H]2CS(=O)(=O)C[C@@H]21. The monoisotopic (exact) mass is 357 g/mol. The van der Waals surface area contributed by atoms with Gasteiger partial charge in [0.25, 0.3) is 5.91 Å². The van der Waals surface area contributed by atoms with E-state index in [1.165, 1.54) is 11.3 Å². The van der Waals surface area contributed by atoms with Gasteiger partial charge in [0, 0.05) is 25.0 Å². The highest BCUT2D eigenvalue weighted by molar-refractivity contribution is 7.91. The zero-order valence-corrected chi connectivity index (χ0v) is 15.6. The molecule has 8 heteroatoms. The smallest absolute Gasteiger partial charge is 0.266 e. The molecule has 0 radical (unpaired) electrons. The molecular weight excluding hydrogens is 334 g/mol. The molecule has 2 fully saturated rings. The molecule has 3 rings (SSSR count). The number of fused-ring (bicyclic) bond motifs is 1. The van der Waals surface area contributed by atoms with Gasteiger partial charge in [-0.25, -0.2) is 13.4 Å². The summed E-state index contributed by atoms with van der Waals surface area (Å²) in [4.78, 5) is 22.0. The summed E-state index contributed by atoms with van der Waals surface area (Å²) in [6, 6.07) is -0.328. The molecule has 6 nitrogen and oxygen atoms in total. The predicted molar refractivity (Wildman–Crippen MR) is 90.8 cm³/mol. The van der Waals surface area contributed by atoms with Gasteiger partial charge in [0.2, 0.25) is 0 Å². The molecule has 1 aromatic rings. The average Bonchev–Trinajstić information content (AvgIpc) is 2.99. The van der Waals surface area contributed by atoms with Crippen LogP contribution in [0, 0.1) is 6.92 Å². The number of hydrogen-bond donors (Lipinski definition) is 0. The molecule has 2 atom stereocenters. The van der Waals surface area contributed by atoms with Gasteiger partial charge < -0.3 is 4.90 Å². The number of piperazine rings is 1. The summed E-state index contributed by atoms with van der Waals surface area (Å²) >= 11 is 1.44. The molecule has 2 saturated heterocycles. The van der Waals surface area contributed by atoms with Gasteiger partial charge in [0.15, 0.2) is 9.84 Å². The van der Waals surface area contributed by atoms with Crippen LogP contribution in [0.5, 0.6) is 0 Å². The number of sulfone groups is 1. The van der Waals surface area contributed by atoms with Crippen molar-refractivity contribution < 1.29 is 13.2 Å². The van der Waals surface area contributed by atoms with Crippen molar-refractivity contribution in [2.45, 2.75) is 38.8 Å². The van der Waals surface area contributed by atoms with E-state index in [4.69, 9.17) is 0 Å². The van der Waals surface area contributed by atoms with Crippen LogP contribution in [0.1, 0.15) is 40.1 Å². The molecule has 128 valence electrons. The summed E-state index contributed by atoms with van der Waals surface area (Å²) in [6.45, 7) is 7.25. The molecule has 0 saturated carbocycles. The molecule has 0 spiro atoms. The summed E-state index contributed by atoms with van der Waals surface area (Å²) in [5.41, 5.74) is 0.750. The van der Waals surface area contributed by atoms with E-state index in [-0.39, 0.29) is 35.4 Å². The van der Waals surface area contributed by atoms with Crippen molar-refractivity contribution in [1.82, 2.24) is 14.8 Å². The lowest BCUT2D eigenvalue weighted by atomic mass is 10.1. The lowest BCUT2D eigenvalue weighted by Crippen LogP contribution is -2.59. The highest BCUT2D eigenvalue weighted by atomic mass is 32.2.